The fourth-order valence-corrected chi connectivity index (χ4v) is 4.25. The van der Waals surface area contributed by atoms with Gasteiger partial charge in [0, 0.05) is 30.3 Å². The third-order valence-corrected chi connectivity index (χ3v) is 6.43. The first-order valence-corrected chi connectivity index (χ1v) is 10.8. The Morgan fingerprint density at radius 1 is 1.16 bits per heavy atom. The number of aromatic nitrogens is 3. The molecule has 1 saturated heterocycles. The number of rotatable bonds is 6. The fraction of sp³-hybridized carbons (Fsp3) is 0.435. The number of aromatic amines is 1. The summed E-state index contributed by atoms with van der Waals surface area (Å²) in [5.74, 6) is -0.0756. The molecular formula is C23H27N5O3. The lowest BCUT2D eigenvalue weighted by molar-refractivity contribution is -0.125. The first-order valence-electron chi connectivity index (χ1n) is 10.8. The van der Waals surface area contributed by atoms with Crippen LogP contribution in [0.15, 0.2) is 36.4 Å². The summed E-state index contributed by atoms with van der Waals surface area (Å²) >= 11 is 0. The van der Waals surface area contributed by atoms with Crippen LogP contribution < -0.4 is 15.4 Å². The number of ether oxygens (including phenoxy) is 2. The molecule has 8 heteroatoms. The van der Waals surface area contributed by atoms with Gasteiger partial charge in [0.25, 0.3) is 6.01 Å². The molecule has 1 amide bonds. The molecule has 0 spiro atoms. The van der Waals surface area contributed by atoms with E-state index >= 15 is 0 Å². The number of H-pyrrole nitrogens is 1. The number of nitrogens with one attached hydrogen (secondary N) is 1. The van der Waals surface area contributed by atoms with Crippen LogP contribution in [0.4, 0.5) is 5.69 Å². The van der Waals surface area contributed by atoms with E-state index in [2.05, 4.69) is 39.1 Å². The Kier molecular flexibility index (Phi) is 5.23. The first kappa shape index (κ1) is 19.8. The van der Waals surface area contributed by atoms with Crippen molar-refractivity contribution in [2.75, 3.05) is 31.2 Å². The molecule has 1 unspecified atom stereocenters. The molecule has 2 aromatic heterocycles. The van der Waals surface area contributed by atoms with Gasteiger partial charge in [-0.2, -0.15) is 4.98 Å². The number of primary amides is 1. The van der Waals surface area contributed by atoms with E-state index in [4.69, 9.17) is 20.2 Å². The van der Waals surface area contributed by atoms with Gasteiger partial charge in [0.2, 0.25) is 5.91 Å². The summed E-state index contributed by atoms with van der Waals surface area (Å²) in [7, 11) is 0. The minimum atomic E-state index is -0.248. The highest BCUT2D eigenvalue weighted by Gasteiger charge is 2.37. The van der Waals surface area contributed by atoms with Crippen molar-refractivity contribution in [3.8, 4) is 17.3 Å². The molecule has 3 aromatic rings. The predicted octanol–water partition coefficient (Wildman–Crippen LogP) is 2.74. The van der Waals surface area contributed by atoms with Crippen molar-refractivity contribution in [1.29, 1.82) is 0 Å². The van der Waals surface area contributed by atoms with Crippen molar-refractivity contribution in [1.82, 2.24) is 15.0 Å². The summed E-state index contributed by atoms with van der Waals surface area (Å²) in [6, 6.07) is 12.9. The minimum absolute atomic E-state index is 0.0552. The van der Waals surface area contributed by atoms with E-state index < -0.39 is 0 Å². The van der Waals surface area contributed by atoms with Crippen LogP contribution in [0, 0.1) is 11.8 Å². The number of nitrogens with two attached hydrogens (primary N) is 1. The van der Waals surface area contributed by atoms with E-state index in [0.29, 0.717) is 11.7 Å². The third kappa shape index (κ3) is 4.07. The molecule has 1 aliphatic carbocycles. The molecule has 2 fully saturated rings. The number of carbonyl (C=O) groups is 1. The van der Waals surface area contributed by atoms with Crippen molar-refractivity contribution in [3.63, 3.8) is 0 Å². The van der Waals surface area contributed by atoms with Crippen LogP contribution in [0.5, 0.6) is 6.01 Å². The minimum Gasteiger partial charge on any atom is -0.461 e. The van der Waals surface area contributed by atoms with E-state index in [1.807, 2.05) is 19.1 Å². The van der Waals surface area contributed by atoms with Crippen molar-refractivity contribution in [2.45, 2.75) is 25.9 Å². The lowest BCUT2D eigenvalue weighted by Crippen LogP contribution is -2.41. The molecule has 31 heavy (non-hydrogen) atoms. The molecule has 3 N–H and O–H groups in total. The molecule has 5 rings (SSSR count). The molecular weight excluding hydrogens is 394 g/mol. The van der Waals surface area contributed by atoms with Crippen LogP contribution >= 0.6 is 0 Å². The maximum absolute atomic E-state index is 11.3. The monoisotopic (exact) mass is 421 g/mol. The molecule has 0 radical (unpaired) electrons. The lowest BCUT2D eigenvalue weighted by atomic mass is 9.74. The normalized spacial score (nSPS) is 22.2. The highest BCUT2D eigenvalue weighted by Crippen LogP contribution is 2.36. The van der Waals surface area contributed by atoms with E-state index in [1.54, 1.807) is 0 Å². The Bertz CT molecular complexity index is 1070. The molecule has 1 aromatic carbocycles. The zero-order valence-electron chi connectivity index (χ0n) is 17.6. The quantitative estimate of drug-likeness (QED) is 0.634. The number of anilines is 1. The van der Waals surface area contributed by atoms with Gasteiger partial charge in [-0.25, -0.2) is 4.98 Å². The number of nitrogens with zero attached hydrogens (tertiary/aromatic N) is 3. The number of amides is 1. The van der Waals surface area contributed by atoms with Crippen LogP contribution in [0.2, 0.25) is 0 Å². The van der Waals surface area contributed by atoms with Gasteiger partial charge < -0.3 is 25.1 Å². The SMILES string of the molecule is CC(C(N)=O)C1CC(Oc2nc3nc(-c4ccc(N5CCOCC5)cc4)ccc3[nH]2)C1. The molecule has 1 saturated carbocycles. The van der Waals surface area contributed by atoms with Gasteiger partial charge in [0.1, 0.15) is 6.10 Å². The Morgan fingerprint density at radius 2 is 1.90 bits per heavy atom. The number of hydrogen-bond donors (Lipinski definition) is 2. The molecule has 1 aliphatic heterocycles. The number of carbonyl (C=O) groups excluding carboxylic acids is 1. The van der Waals surface area contributed by atoms with Gasteiger partial charge in [-0.15, -0.1) is 0 Å². The summed E-state index contributed by atoms with van der Waals surface area (Å²) in [6.45, 7) is 5.26. The van der Waals surface area contributed by atoms with Crippen molar-refractivity contribution >= 4 is 22.8 Å². The maximum atomic E-state index is 11.3. The average molecular weight is 422 g/mol. The van der Waals surface area contributed by atoms with Crippen LogP contribution in [0.1, 0.15) is 19.8 Å². The van der Waals surface area contributed by atoms with E-state index in [0.717, 1.165) is 55.9 Å². The van der Waals surface area contributed by atoms with E-state index in [9.17, 15) is 4.79 Å². The molecule has 8 nitrogen and oxygen atoms in total. The third-order valence-electron chi connectivity index (χ3n) is 6.43. The Labute approximate surface area is 180 Å². The lowest BCUT2D eigenvalue weighted by Gasteiger charge is -2.37. The summed E-state index contributed by atoms with van der Waals surface area (Å²) in [4.78, 5) is 26.1. The van der Waals surface area contributed by atoms with Crippen LogP contribution in [0.3, 0.4) is 0 Å². The largest absolute Gasteiger partial charge is 0.461 e. The van der Waals surface area contributed by atoms with Crippen LogP contribution in [-0.2, 0) is 9.53 Å². The van der Waals surface area contributed by atoms with Gasteiger partial charge >= 0.3 is 0 Å². The number of hydrogen-bond acceptors (Lipinski definition) is 6. The fourth-order valence-electron chi connectivity index (χ4n) is 4.25. The molecule has 1 atom stereocenters. The summed E-state index contributed by atoms with van der Waals surface area (Å²) in [6.07, 6.45) is 1.68. The van der Waals surface area contributed by atoms with Crippen molar-refractivity contribution in [3.05, 3.63) is 36.4 Å². The second-order valence-electron chi connectivity index (χ2n) is 8.42. The van der Waals surface area contributed by atoms with Crippen LogP contribution in [-0.4, -0.2) is 53.3 Å². The van der Waals surface area contributed by atoms with E-state index in [1.165, 1.54) is 5.69 Å². The number of imidazole rings is 1. The standard InChI is InChI=1S/C23H27N5O3/c1-14(21(24)29)16-12-18(13-16)31-23-26-20-7-6-19(25-22(20)27-23)15-2-4-17(5-3-15)28-8-10-30-11-9-28/h2-7,14,16,18H,8-13H2,1H3,(H2,24,29)(H,25,26,27). The van der Waals surface area contributed by atoms with Gasteiger partial charge in [-0.05, 0) is 43.0 Å². The Hall–Kier alpha value is -3.13. The second kappa shape index (κ2) is 8.19. The van der Waals surface area contributed by atoms with Gasteiger partial charge in [0.15, 0.2) is 5.65 Å². The molecule has 3 heterocycles. The second-order valence-corrected chi connectivity index (χ2v) is 8.42. The van der Waals surface area contributed by atoms with Crippen LogP contribution in [0.25, 0.3) is 22.4 Å². The first-order chi connectivity index (χ1) is 15.1. The van der Waals surface area contributed by atoms with Gasteiger partial charge in [-0.3, -0.25) is 4.79 Å². The highest BCUT2D eigenvalue weighted by molar-refractivity contribution is 5.77. The van der Waals surface area contributed by atoms with Gasteiger partial charge in [0.05, 0.1) is 24.4 Å². The smallest absolute Gasteiger partial charge is 0.296 e. The average Bonchev–Trinajstić information content (AvgIpc) is 3.18. The molecule has 0 bridgehead atoms. The summed E-state index contributed by atoms with van der Waals surface area (Å²) in [5, 5.41) is 0. The van der Waals surface area contributed by atoms with Crippen molar-refractivity contribution < 1.29 is 14.3 Å². The number of benzene rings is 1. The predicted molar refractivity (Wildman–Crippen MR) is 118 cm³/mol. The zero-order valence-corrected chi connectivity index (χ0v) is 17.6. The summed E-state index contributed by atoms with van der Waals surface area (Å²) in [5.41, 5.74) is 9.98. The van der Waals surface area contributed by atoms with Gasteiger partial charge in [-0.1, -0.05) is 19.1 Å². The zero-order chi connectivity index (χ0) is 21.4. The number of morpholine rings is 1. The number of pyridine rings is 1. The Morgan fingerprint density at radius 3 is 2.61 bits per heavy atom. The van der Waals surface area contributed by atoms with E-state index in [-0.39, 0.29) is 23.8 Å². The molecule has 2 aliphatic rings. The highest BCUT2D eigenvalue weighted by atomic mass is 16.5. The van der Waals surface area contributed by atoms with Crippen molar-refractivity contribution in [2.24, 2.45) is 17.6 Å². The maximum Gasteiger partial charge on any atom is 0.296 e. The Balaban J connectivity index is 1.26. The summed E-state index contributed by atoms with van der Waals surface area (Å²) < 4.78 is 11.4. The topological polar surface area (TPSA) is 106 Å². The molecule has 162 valence electrons. The number of fused-ring (bicyclic) bond motifs is 1.